The number of halogens is 1. The highest BCUT2D eigenvalue weighted by molar-refractivity contribution is 5.92. The number of carbonyl (C=O) groups excluding carboxylic acids is 1. The second kappa shape index (κ2) is 8.48. The van der Waals surface area contributed by atoms with Crippen LogP contribution in [0.15, 0.2) is 48.7 Å². The van der Waals surface area contributed by atoms with Gasteiger partial charge >= 0.3 is 0 Å². The van der Waals surface area contributed by atoms with E-state index in [-0.39, 0.29) is 11.5 Å². The third kappa shape index (κ3) is 3.94. The molecular weight excluding hydrogens is 397 g/mol. The fourth-order valence-corrected chi connectivity index (χ4v) is 3.75. The summed E-state index contributed by atoms with van der Waals surface area (Å²) in [5.41, 5.74) is 2.77. The number of hydrogen-bond acceptors (Lipinski definition) is 5. The van der Waals surface area contributed by atoms with E-state index in [0.717, 1.165) is 11.3 Å². The van der Waals surface area contributed by atoms with Crippen molar-refractivity contribution in [1.82, 2.24) is 14.7 Å². The third-order valence-corrected chi connectivity index (χ3v) is 5.40. The number of hydrogen-bond donors (Lipinski definition) is 0. The van der Waals surface area contributed by atoms with Gasteiger partial charge in [-0.15, -0.1) is 0 Å². The predicted molar refractivity (Wildman–Crippen MR) is 114 cm³/mol. The fraction of sp³-hybridized carbons (Fsp3) is 0.261. The molecule has 1 fully saturated rings. The van der Waals surface area contributed by atoms with Gasteiger partial charge < -0.3 is 14.5 Å². The maximum atomic E-state index is 13.9. The third-order valence-electron chi connectivity index (χ3n) is 5.40. The van der Waals surface area contributed by atoms with E-state index in [1.165, 1.54) is 6.07 Å². The van der Waals surface area contributed by atoms with Crippen molar-refractivity contribution in [2.75, 3.05) is 38.2 Å². The van der Waals surface area contributed by atoms with Crippen molar-refractivity contribution in [1.29, 1.82) is 5.26 Å². The fourth-order valence-electron chi connectivity index (χ4n) is 3.75. The number of amides is 1. The van der Waals surface area contributed by atoms with Crippen LogP contribution in [0.3, 0.4) is 0 Å². The molecule has 0 radical (unpaired) electrons. The SMILES string of the molecule is COc1ccc(C)cc1-n1ccc(C(=O)N2CCN(c3cccc(F)c3C#N)CC2)n1. The minimum atomic E-state index is -0.532. The molecule has 158 valence electrons. The lowest BCUT2D eigenvalue weighted by Crippen LogP contribution is -2.49. The first kappa shape index (κ1) is 20.4. The summed E-state index contributed by atoms with van der Waals surface area (Å²) in [4.78, 5) is 16.6. The van der Waals surface area contributed by atoms with Gasteiger partial charge in [0.25, 0.3) is 5.91 Å². The van der Waals surface area contributed by atoms with Gasteiger partial charge in [0.15, 0.2) is 5.69 Å². The van der Waals surface area contributed by atoms with Gasteiger partial charge in [-0.2, -0.15) is 10.4 Å². The molecule has 0 saturated carbocycles. The number of anilines is 1. The summed E-state index contributed by atoms with van der Waals surface area (Å²) in [6.45, 7) is 3.92. The molecule has 3 aromatic rings. The van der Waals surface area contributed by atoms with E-state index in [0.29, 0.717) is 43.3 Å². The summed E-state index contributed by atoms with van der Waals surface area (Å²) >= 11 is 0. The number of nitrogens with zero attached hydrogens (tertiary/aromatic N) is 5. The Hall–Kier alpha value is -3.86. The molecule has 1 aliphatic heterocycles. The second-order valence-electron chi connectivity index (χ2n) is 7.35. The molecular formula is C23H22FN5O2. The van der Waals surface area contributed by atoms with Crippen molar-refractivity contribution in [2.45, 2.75) is 6.92 Å². The second-order valence-corrected chi connectivity index (χ2v) is 7.35. The molecule has 0 unspecified atom stereocenters. The van der Waals surface area contributed by atoms with Crippen molar-refractivity contribution < 1.29 is 13.9 Å². The van der Waals surface area contributed by atoms with Gasteiger partial charge in [0.1, 0.15) is 28.9 Å². The molecule has 0 aliphatic carbocycles. The zero-order valence-corrected chi connectivity index (χ0v) is 17.4. The Labute approximate surface area is 179 Å². The summed E-state index contributed by atoms with van der Waals surface area (Å²) in [5, 5.41) is 13.7. The lowest BCUT2D eigenvalue weighted by atomic mass is 10.1. The molecule has 0 atom stereocenters. The molecule has 0 spiro atoms. The monoisotopic (exact) mass is 419 g/mol. The maximum Gasteiger partial charge on any atom is 0.274 e. The van der Waals surface area contributed by atoms with Crippen LogP contribution in [-0.2, 0) is 0 Å². The standard InChI is InChI=1S/C23H22FN5O2/c1-16-6-7-22(31-2)21(14-16)29-9-8-19(26-29)23(30)28-12-10-27(11-13-28)20-5-3-4-18(24)17(20)15-25/h3-9,14H,10-13H2,1-2H3. The van der Waals surface area contributed by atoms with E-state index in [4.69, 9.17) is 4.74 Å². The predicted octanol–water partition coefficient (Wildman–Crippen LogP) is 3.16. The number of nitriles is 1. The Morgan fingerprint density at radius 1 is 1.13 bits per heavy atom. The molecule has 2 aromatic carbocycles. The Morgan fingerprint density at radius 3 is 2.61 bits per heavy atom. The highest BCUT2D eigenvalue weighted by atomic mass is 19.1. The minimum Gasteiger partial charge on any atom is -0.494 e. The van der Waals surface area contributed by atoms with E-state index in [1.807, 2.05) is 36.1 Å². The summed E-state index contributed by atoms with van der Waals surface area (Å²) in [6.07, 6.45) is 1.74. The van der Waals surface area contributed by atoms with E-state index in [1.54, 1.807) is 41.1 Å². The Morgan fingerprint density at radius 2 is 1.90 bits per heavy atom. The Bertz CT molecular complexity index is 1160. The van der Waals surface area contributed by atoms with Crippen LogP contribution in [0, 0.1) is 24.1 Å². The quantitative estimate of drug-likeness (QED) is 0.650. The largest absolute Gasteiger partial charge is 0.494 e. The molecule has 2 heterocycles. The topological polar surface area (TPSA) is 74.4 Å². The number of piperazine rings is 1. The zero-order chi connectivity index (χ0) is 22.0. The van der Waals surface area contributed by atoms with Crippen molar-refractivity contribution in [2.24, 2.45) is 0 Å². The van der Waals surface area contributed by atoms with Gasteiger partial charge in [0, 0.05) is 32.4 Å². The van der Waals surface area contributed by atoms with Gasteiger partial charge in [-0.05, 0) is 42.8 Å². The van der Waals surface area contributed by atoms with Crippen molar-refractivity contribution in [3.8, 4) is 17.5 Å². The average Bonchev–Trinajstić information content (AvgIpc) is 3.28. The lowest BCUT2D eigenvalue weighted by Gasteiger charge is -2.36. The highest BCUT2D eigenvalue weighted by Gasteiger charge is 2.25. The maximum absolute atomic E-state index is 13.9. The van der Waals surface area contributed by atoms with Crippen LogP contribution in [0.2, 0.25) is 0 Å². The number of aromatic nitrogens is 2. The van der Waals surface area contributed by atoms with Crippen LogP contribution < -0.4 is 9.64 Å². The van der Waals surface area contributed by atoms with Crippen LogP contribution in [-0.4, -0.2) is 53.9 Å². The summed E-state index contributed by atoms with van der Waals surface area (Å²) in [7, 11) is 1.60. The number of carbonyl (C=O) groups is 1. The molecule has 31 heavy (non-hydrogen) atoms. The normalized spacial score (nSPS) is 13.7. The van der Waals surface area contributed by atoms with Crippen molar-refractivity contribution in [3.63, 3.8) is 0 Å². The molecule has 0 N–H and O–H groups in total. The van der Waals surface area contributed by atoms with E-state index in [2.05, 4.69) is 5.10 Å². The van der Waals surface area contributed by atoms with Crippen molar-refractivity contribution >= 4 is 11.6 Å². The van der Waals surface area contributed by atoms with E-state index in [9.17, 15) is 14.4 Å². The van der Waals surface area contributed by atoms with E-state index < -0.39 is 5.82 Å². The Kier molecular flexibility index (Phi) is 5.58. The van der Waals surface area contributed by atoms with Crippen LogP contribution in [0.1, 0.15) is 21.6 Å². The molecule has 1 aromatic heterocycles. The lowest BCUT2D eigenvalue weighted by molar-refractivity contribution is 0.0740. The van der Waals surface area contributed by atoms with Crippen LogP contribution >= 0.6 is 0 Å². The minimum absolute atomic E-state index is 0.0353. The van der Waals surface area contributed by atoms with Gasteiger partial charge in [0.05, 0.1) is 12.8 Å². The van der Waals surface area contributed by atoms with Crippen molar-refractivity contribution in [3.05, 3.63) is 71.3 Å². The van der Waals surface area contributed by atoms with Gasteiger partial charge in [0.2, 0.25) is 0 Å². The molecule has 1 amide bonds. The molecule has 8 heteroatoms. The molecule has 4 rings (SSSR count). The summed E-state index contributed by atoms with van der Waals surface area (Å²) < 4.78 is 21.0. The van der Waals surface area contributed by atoms with Gasteiger partial charge in [-0.1, -0.05) is 12.1 Å². The van der Waals surface area contributed by atoms with Crippen LogP contribution in [0.25, 0.3) is 5.69 Å². The molecule has 1 aliphatic rings. The number of methoxy groups -OCH3 is 1. The first-order chi connectivity index (χ1) is 15.0. The van der Waals surface area contributed by atoms with Gasteiger partial charge in [-0.3, -0.25) is 4.79 Å². The van der Waals surface area contributed by atoms with Crippen LogP contribution in [0.5, 0.6) is 5.75 Å². The highest BCUT2D eigenvalue weighted by Crippen LogP contribution is 2.25. The number of aryl methyl sites for hydroxylation is 1. The first-order valence-electron chi connectivity index (χ1n) is 9.95. The summed E-state index contributed by atoms with van der Waals surface area (Å²) in [5.74, 6) is -0.0231. The Balaban J connectivity index is 1.48. The number of benzene rings is 2. The molecule has 0 bridgehead atoms. The molecule has 1 saturated heterocycles. The zero-order valence-electron chi connectivity index (χ0n) is 17.4. The smallest absolute Gasteiger partial charge is 0.274 e. The van der Waals surface area contributed by atoms with Crippen LogP contribution in [0.4, 0.5) is 10.1 Å². The van der Waals surface area contributed by atoms with Gasteiger partial charge in [-0.25, -0.2) is 9.07 Å². The van der Waals surface area contributed by atoms with E-state index >= 15 is 0 Å². The number of rotatable bonds is 4. The first-order valence-corrected chi connectivity index (χ1v) is 9.95. The number of ether oxygens (including phenoxy) is 1. The average molecular weight is 419 g/mol. The summed E-state index contributed by atoms with van der Waals surface area (Å²) in [6, 6.07) is 14.0. The molecule has 7 nitrogen and oxygen atoms in total.